The summed E-state index contributed by atoms with van der Waals surface area (Å²) in [6.07, 6.45) is 3.70. The summed E-state index contributed by atoms with van der Waals surface area (Å²) >= 11 is 0. The topological polar surface area (TPSA) is 45.5 Å². The van der Waals surface area contributed by atoms with Crippen molar-refractivity contribution in [1.82, 2.24) is 28.2 Å². The Balaban J connectivity index is 0.000000139. The van der Waals surface area contributed by atoms with Crippen LogP contribution in [0.5, 0.6) is 0 Å². The number of hydrogen-bond acceptors (Lipinski definition) is 2. The molecule has 6 nitrogen and oxygen atoms in total. The highest BCUT2D eigenvalue weighted by Crippen LogP contribution is 2.42. The van der Waals surface area contributed by atoms with Crippen LogP contribution >= 0.6 is 0 Å². The molecule has 6 aromatic heterocycles. The van der Waals surface area contributed by atoms with Crippen molar-refractivity contribution in [2.45, 2.75) is 0 Å². The van der Waals surface area contributed by atoms with Crippen molar-refractivity contribution >= 4 is 87.2 Å². The summed E-state index contributed by atoms with van der Waals surface area (Å²) in [6.45, 7) is 0. The van der Waals surface area contributed by atoms with E-state index in [9.17, 15) is 0 Å². The molecule has 0 saturated heterocycles. The second kappa shape index (κ2) is 24.3. The van der Waals surface area contributed by atoms with E-state index in [-0.39, 0.29) is 0 Å². The Morgan fingerprint density at radius 3 is 0.900 bits per heavy atom. The quantitative estimate of drug-likeness (QED) is 0.137. The Bertz CT molecular complexity index is 6080. The van der Waals surface area contributed by atoms with Crippen molar-refractivity contribution in [3.05, 3.63) is 376 Å². The van der Waals surface area contributed by atoms with E-state index < -0.39 is 0 Å². The molecule has 0 aliphatic carbocycles. The minimum absolute atomic E-state index is 0.913. The van der Waals surface area contributed by atoms with Gasteiger partial charge in [-0.25, -0.2) is 4.98 Å². The largest absolute Gasteiger partial charge is 0.309 e. The molecule has 14 aromatic carbocycles. The van der Waals surface area contributed by atoms with Crippen LogP contribution in [0.3, 0.4) is 0 Å². The van der Waals surface area contributed by atoms with Gasteiger partial charge in [0.2, 0.25) is 0 Å². The Hall–Kier alpha value is -13.4. The molecule has 468 valence electrons. The van der Waals surface area contributed by atoms with Crippen molar-refractivity contribution in [1.29, 1.82) is 0 Å². The Kier molecular flexibility index (Phi) is 14.1. The number of benzene rings is 14. The average molecular weight is 1280 g/mol. The SMILES string of the molecule is c1ccc(-c2ccc(-n3c4ccccc4c4cc(-c5ccc6c(c5)c5ccccc5n6-c5cccc(-c6ccccc6)n5)ccc43)cc2)cc1.c1ccc(-c2ccc(-n3c4ccccc4c4cc(-c5ccc6c(c5)c5ccccc5n6-c5cccc(-c6ccncc6)c5)ccc43)cc2)cc1. The zero-order valence-electron chi connectivity index (χ0n) is 54.5. The van der Waals surface area contributed by atoms with Gasteiger partial charge in [-0.05, 0) is 189 Å². The standard InChI is InChI=1S/2C47H31N3/c1-3-12-32(13-4-1)33-22-26-37(27-23-33)49-43-19-9-7-16-38(43)40-30-35(24-28-45(40)49)36-25-29-46-41(31-36)39-17-8-10-20-44(39)50(46)47-21-11-18-42(48-47)34-14-5-2-6-15-34;1-2-9-32(10-3-1)33-17-21-38(22-18-33)49-44-15-6-4-13-40(44)42-30-36(19-23-46(42)49)37-20-24-47-43(31-37)41-14-5-7-16-45(41)50(47)39-12-8-11-35(29-39)34-25-27-48-28-26-34/h2*1-31H. The van der Waals surface area contributed by atoms with Gasteiger partial charge in [0.25, 0.3) is 0 Å². The first-order valence-electron chi connectivity index (χ1n) is 34.1. The molecule has 0 fully saturated rings. The molecule has 0 bridgehead atoms. The lowest BCUT2D eigenvalue weighted by Crippen LogP contribution is -1.98. The number of rotatable bonds is 10. The van der Waals surface area contributed by atoms with E-state index in [0.29, 0.717) is 0 Å². The van der Waals surface area contributed by atoms with Gasteiger partial charge >= 0.3 is 0 Å². The molecule has 20 rings (SSSR count). The van der Waals surface area contributed by atoms with Gasteiger partial charge in [-0.3, -0.25) is 9.55 Å². The molecule has 100 heavy (non-hydrogen) atoms. The van der Waals surface area contributed by atoms with Crippen LogP contribution in [0.2, 0.25) is 0 Å². The van der Waals surface area contributed by atoms with E-state index >= 15 is 0 Å². The maximum absolute atomic E-state index is 5.14. The lowest BCUT2D eigenvalue weighted by atomic mass is 10.0. The smallest absolute Gasteiger partial charge is 0.138 e. The Labute approximate surface area is 578 Å². The van der Waals surface area contributed by atoms with Gasteiger partial charge in [0.05, 0.1) is 49.8 Å². The zero-order valence-corrected chi connectivity index (χ0v) is 54.5. The monoisotopic (exact) mass is 1270 g/mol. The second-order valence-corrected chi connectivity index (χ2v) is 25.7. The number of aromatic nitrogens is 6. The number of hydrogen-bond donors (Lipinski definition) is 0. The molecule has 0 radical (unpaired) electrons. The summed E-state index contributed by atoms with van der Waals surface area (Å²) in [5.41, 5.74) is 27.0. The average Bonchev–Trinajstić information content (AvgIpc) is 1.59. The molecule has 6 heteroatoms. The summed E-state index contributed by atoms with van der Waals surface area (Å²) in [5.74, 6) is 0.913. The highest BCUT2D eigenvalue weighted by molar-refractivity contribution is 6.15. The summed E-state index contributed by atoms with van der Waals surface area (Å²) in [5, 5.41) is 9.92. The fourth-order valence-electron chi connectivity index (χ4n) is 15.2. The first kappa shape index (κ1) is 58.0. The van der Waals surface area contributed by atoms with Crippen LogP contribution in [0.15, 0.2) is 376 Å². The van der Waals surface area contributed by atoms with Crippen molar-refractivity contribution in [2.75, 3.05) is 0 Å². The highest BCUT2D eigenvalue weighted by atomic mass is 15.1. The normalized spacial score (nSPS) is 11.6. The maximum atomic E-state index is 5.14. The lowest BCUT2D eigenvalue weighted by Gasteiger charge is -2.11. The van der Waals surface area contributed by atoms with Gasteiger partial charge in [0, 0.05) is 78.1 Å². The molecule has 0 atom stereocenters. The van der Waals surface area contributed by atoms with E-state index in [1.807, 2.05) is 18.5 Å². The summed E-state index contributed by atoms with van der Waals surface area (Å²) in [7, 11) is 0. The molecule has 0 amide bonds. The fourth-order valence-corrected chi connectivity index (χ4v) is 15.2. The highest BCUT2D eigenvalue weighted by Gasteiger charge is 2.20. The maximum Gasteiger partial charge on any atom is 0.138 e. The third kappa shape index (κ3) is 10.0. The van der Waals surface area contributed by atoms with Crippen LogP contribution < -0.4 is 0 Å². The number of para-hydroxylation sites is 4. The van der Waals surface area contributed by atoms with E-state index in [1.54, 1.807) is 0 Å². The minimum Gasteiger partial charge on any atom is -0.309 e. The van der Waals surface area contributed by atoms with Gasteiger partial charge in [-0.15, -0.1) is 0 Å². The molecular weight excluding hydrogens is 1210 g/mol. The fraction of sp³-hybridized carbons (Fsp3) is 0. The van der Waals surface area contributed by atoms with Gasteiger partial charge in [-0.1, -0.05) is 231 Å². The molecule has 0 spiro atoms. The lowest BCUT2D eigenvalue weighted by molar-refractivity contribution is 1.08. The first-order valence-corrected chi connectivity index (χ1v) is 34.1. The van der Waals surface area contributed by atoms with Crippen LogP contribution in [-0.2, 0) is 0 Å². The molecule has 0 saturated carbocycles. The molecule has 0 unspecified atom stereocenters. The number of nitrogens with zero attached hydrogens (tertiary/aromatic N) is 6. The third-order valence-electron chi connectivity index (χ3n) is 20.0. The molecule has 0 aliphatic heterocycles. The van der Waals surface area contributed by atoms with Crippen LogP contribution in [0.25, 0.3) is 177 Å². The van der Waals surface area contributed by atoms with Gasteiger partial charge in [0.1, 0.15) is 5.82 Å². The van der Waals surface area contributed by atoms with Crippen molar-refractivity contribution < 1.29 is 0 Å². The van der Waals surface area contributed by atoms with E-state index in [1.165, 1.54) is 126 Å². The van der Waals surface area contributed by atoms with E-state index in [4.69, 9.17) is 4.98 Å². The molecule has 0 aliphatic rings. The zero-order chi connectivity index (χ0) is 66.0. The van der Waals surface area contributed by atoms with Crippen LogP contribution in [-0.4, -0.2) is 28.2 Å². The van der Waals surface area contributed by atoms with Crippen molar-refractivity contribution in [2.24, 2.45) is 0 Å². The van der Waals surface area contributed by atoms with Gasteiger partial charge in [-0.2, -0.15) is 0 Å². The van der Waals surface area contributed by atoms with Crippen molar-refractivity contribution in [3.63, 3.8) is 0 Å². The minimum atomic E-state index is 0.913. The van der Waals surface area contributed by atoms with Crippen LogP contribution in [0.4, 0.5) is 0 Å². The predicted molar refractivity (Wildman–Crippen MR) is 418 cm³/mol. The summed E-state index contributed by atoms with van der Waals surface area (Å²) < 4.78 is 9.45. The summed E-state index contributed by atoms with van der Waals surface area (Å²) in [4.78, 5) is 9.35. The molecule has 0 N–H and O–H groups in total. The number of fused-ring (bicyclic) bond motifs is 12. The van der Waals surface area contributed by atoms with Crippen molar-refractivity contribution in [3.8, 4) is 89.8 Å². The van der Waals surface area contributed by atoms with Crippen LogP contribution in [0, 0.1) is 0 Å². The first-order chi connectivity index (χ1) is 49.6. The predicted octanol–water partition coefficient (Wildman–Crippen LogP) is 24.6. The number of pyridine rings is 2. The summed E-state index contributed by atoms with van der Waals surface area (Å²) in [6, 6.07) is 131. The van der Waals surface area contributed by atoms with Gasteiger partial charge < -0.3 is 13.7 Å². The second-order valence-electron chi connectivity index (χ2n) is 25.7. The Morgan fingerprint density at radius 1 is 0.170 bits per heavy atom. The molecule has 6 heterocycles. The molecular formula is C94H62N6. The van der Waals surface area contributed by atoms with E-state index in [0.717, 1.165) is 50.7 Å². The Morgan fingerprint density at radius 2 is 0.470 bits per heavy atom. The van der Waals surface area contributed by atoms with Crippen LogP contribution in [0.1, 0.15) is 0 Å². The molecule has 20 aromatic rings. The van der Waals surface area contributed by atoms with Gasteiger partial charge in [0.15, 0.2) is 0 Å². The third-order valence-corrected chi connectivity index (χ3v) is 20.0. The van der Waals surface area contributed by atoms with E-state index in [2.05, 4.69) is 381 Å².